The second kappa shape index (κ2) is 5.89. The van der Waals surface area contributed by atoms with Crippen LogP contribution in [0.4, 0.5) is 23.2 Å². The molecule has 1 aromatic rings. The molecule has 26 heavy (non-hydrogen) atoms. The summed E-state index contributed by atoms with van der Waals surface area (Å²) in [6, 6.07) is 2.44. The molecule has 1 aromatic carbocycles. The van der Waals surface area contributed by atoms with Crippen LogP contribution in [-0.2, 0) is 15.4 Å². The molecule has 0 unspecified atom stereocenters. The van der Waals surface area contributed by atoms with Gasteiger partial charge in [0.25, 0.3) is 5.69 Å². The van der Waals surface area contributed by atoms with E-state index in [9.17, 15) is 36.1 Å². The van der Waals surface area contributed by atoms with Gasteiger partial charge in [-0.2, -0.15) is 13.2 Å². The fourth-order valence-electron chi connectivity index (χ4n) is 2.87. The van der Waals surface area contributed by atoms with Crippen LogP contribution in [0.3, 0.4) is 0 Å². The molecule has 1 heterocycles. The maximum Gasteiger partial charge on any atom is 0.391 e. The van der Waals surface area contributed by atoms with E-state index in [0.717, 1.165) is 32.0 Å². The highest BCUT2D eigenvalue weighted by molar-refractivity contribution is 7.93. The van der Waals surface area contributed by atoms with Gasteiger partial charge < -0.3 is 5.73 Å². The van der Waals surface area contributed by atoms with E-state index in [0.29, 0.717) is 0 Å². The number of nitro benzene ring substituents is 1. The summed E-state index contributed by atoms with van der Waals surface area (Å²) >= 11 is 0. The Kier molecular flexibility index (Phi) is 4.55. The molecule has 0 saturated heterocycles. The first-order valence-corrected chi connectivity index (χ1v) is 8.86. The number of rotatable bonds is 3. The van der Waals surface area contributed by atoms with Crippen LogP contribution in [0.5, 0.6) is 0 Å². The number of nitrogens with two attached hydrogens (primary N) is 1. The van der Waals surface area contributed by atoms with Crippen molar-refractivity contribution in [3.8, 4) is 0 Å². The number of nitrogens with zero attached hydrogens (tertiary/aromatic N) is 2. The Bertz CT molecular complexity index is 900. The molecule has 1 aliphatic rings. The van der Waals surface area contributed by atoms with Crippen LogP contribution in [0, 0.1) is 15.9 Å². The SMILES string of the molecule is C[C@]1(CC(F)(F)F)C(N)=N[C@](C)(c2cc([N+](=O)[O-])ccc2F)CS1(=O)=O. The number of sulfone groups is 1. The van der Waals surface area contributed by atoms with Gasteiger partial charge in [0.15, 0.2) is 9.84 Å². The van der Waals surface area contributed by atoms with E-state index in [1.165, 1.54) is 0 Å². The van der Waals surface area contributed by atoms with E-state index < -0.39 is 66.3 Å². The van der Waals surface area contributed by atoms with Crippen molar-refractivity contribution < 1.29 is 30.9 Å². The molecule has 0 fully saturated rings. The summed E-state index contributed by atoms with van der Waals surface area (Å²) in [5.41, 5.74) is 2.72. The van der Waals surface area contributed by atoms with E-state index in [2.05, 4.69) is 4.99 Å². The molecule has 2 atom stereocenters. The minimum atomic E-state index is -4.83. The average Bonchev–Trinajstić information content (AvgIpc) is 2.43. The zero-order chi connectivity index (χ0) is 20.1. The largest absolute Gasteiger partial charge is 0.391 e. The predicted octanol–water partition coefficient (Wildman–Crippen LogP) is 2.45. The summed E-state index contributed by atoms with van der Waals surface area (Å²) in [5, 5.41) is 10.9. The van der Waals surface area contributed by atoms with Crippen LogP contribution >= 0.6 is 0 Å². The monoisotopic (exact) mass is 397 g/mol. The first-order valence-electron chi connectivity index (χ1n) is 7.21. The molecule has 0 spiro atoms. The third kappa shape index (κ3) is 3.37. The Morgan fingerprint density at radius 1 is 1.35 bits per heavy atom. The summed E-state index contributed by atoms with van der Waals surface area (Å²) < 4.78 is 75.3. The van der Waals surface area contributed by atoms with E-state index in [-0.39, 0.29) is 0 Å². The van der Waals surface area contributed by atoms with Gasteiger partial charge in [-0.15, -0.1) is 0 Å². The Morgan fingerprint density at radius 3 is 2.38 bits per heavy atom. The molecular formula is C14H15F4N3O4S. The summed E-state index contributed by atoms with van der Waals surface area (Å²) in [6.07, 6.45) is -6.57. The molecule has 2 rings (SSSR count). The van der Waals surface area contributed by atoms with Crippen molar-refractivity contribution in [3.63, 3.8) is 0 Å². The van der Waals surface area contributed by atoms with Crippen LogP contribution < -0.4 is 5.73 Å². The van der Waals surface area contributed by atoms with Gasteiger partial charge in [-0.25, -0.2) is 12.8 Å². The average molecular weight is 397 g/mol. The van der Waals surface area contributed by atoms with Crippen LogP contribution in [0.25, 0.3) is 0 Å². The third-order valence-electron chi connectivity index (χ3n) is 4.35. The molecule has 7 nitrogen and oxygen atoms in total. The molecular weight excluding hydrogens is 382 g/mol. The van der Waals surface area contributed by atoms with Gasteiger partial charge >= 0.3 is 6.18 Å². The number of non-ortho nitro benzene ring substituents is 1. The molecule has 2 N–H and O–H groups in total. The zero-order valence-electron chi connectivity index (χ0n) is 13.7. The fraction of sp³-hybridized carbons (Fsp3) is 0.500. The van der Waals surface area contributed by atoms with Gasteiger partial charge in [-0.1, -0.05) is 0 Å². The van der Waals surface area contributed by atoms with E-state index in [1.807, 2.05) is 0 Å². The summed E-state index contributed by atoms with van der Waals surface area (Å²) in [5.74, 6) is -2.79. The summed E-state index contributed by atoms with van der Waals surface area (Å²) in [7, 11) is -4.52. The van der Waals surface area contributed by atoms with Crippen LogP contribution in [0.2, 0.25) is 0 Å². The maximum absolute atomic E-state index is 14.2. The number of nitro groups is 1. The number of amidine groups is 1. The van der Waals surface area contributed by atoms with E-state index >= 15 is 0 Å². The second-order valence-electron chi connectivity index (χ2n) is 6.47. The fourth-order valence-corrected chi connectivity index (χ4v) is 4.89. The molecule has 0 saturated carbocycles. The van der Waals surface area contributed by atoms with Gasteiger partial charge in [0.1, 0.15) is 21.9 Å². The van der Waals surface area contributed by atoms with Gasteiger partial charge in [-0.3, -0.25) is 15.1 Å². The smallest absolute Gasteiger partial charge is 0.386 e. The van der Waals surface area contributed by atoms with Crippen molar-refractivity contribution in [2.75, 3.05) is 5.75 Å². The normalized spacial score (nSPS) is 28.5. The van der Waals surface area contributed by atoms with Crippen molar-refractivity contribution in [2.45, 2.75) is 36.7 Å². The highest BCUT2D eigenvalue weighted by Crippen LogP contribution is 2.42. The van der Waals surface area contributed by atoms with Crippen molar-refractivity contribution in [3.05, 3.63) is 39.7 Å². The molecule has 12 heteroatoms. The van der Waals surface area contributed by atoms with Crippen molar-refractivity contribution >= 4 is 21.4 Å². The van der Waals surface area contributed by atoms with Crippen molar-refractivity contribution in [1.29, 1.82) is 0 Å². The number of alkyl halides is 3. The Labute approximate surface area is 146 Å². The molecule has 0 aromatic heterocycles. The topological polar surface area (TPSA) is 116 Å². The Hall–Kier alpha value is -2.24. The summed E-state index contributed by atoms with van der Waals surface area (Å²) in [4.78, 5) is 13.9. The summed E-state index contributed by atoms with van der Waals surface area (Å²) in [6.45, 7) is 1.95. The molecule has 144 valence electrons. The molecule has 0 amide bonds. The zero-order valence-corrected chi connectivity index (χ0v) is 14.5. The lowest BCUT2D eigenvalue weighted by Crippen LogP contribution is -2.58. The number of aliphatic imine (C=N–C) groups is 1. The first kappa shape index (κ1) is 20.1. The van der Waals surface area contributed by atoms with Crippen LogP contribution in [-0.4, -0.2) is 35.9 Å². The van der Waals surface area contributed by atoms with E-state index in [1.54, 1.807) is 0 Å². The Balaban J connectivity index is 2.66. The van der Waals surface area contributed by atoms with Crippen molar-refractivity contribution in [1.82, 2.24) is 0 Å². The Morgan fingerprint density at radius 2 is 1.92 bits per heavy atom. The maximum atomic E-state index is 14.2. The number of benzene rings is 1. The lowest BCUT2D eigenvalue weighted by atomic mass is 9.92. The predicted molar refractivity (Wildman–Crippen MR) is 84.9 cm³/mol. The minimum absolute atomic E-state index is 0.438. The van der Waals surface area contributed by atoms with Crippen LogP contribution in [0.1, 0.15) is 25.8 Å². The molecule has 0 aliphatic carbocycles. The quantitative estimate of drug-likeness (QED) is 0.478. The van der Waals surface area contributed by atoms with Crippen molar-refractivity contribution in [2.24, 2.45) is 10.7 Å². The lowest BCUT2D eigenvalue weighted by molar-refractivity contribution is -0.385. The number of halogens is 4. The molecule has 0 radical (unpaired) electrons. The van der Waals surface area contributed by atoms with E-state index in [4.69, 9.17) is 5.73 Å². The van der Waals surface area contributed by atoms with Gasteiger partial charge in [0.2, 0.25) is 0 Å². The minimum Gasteiger partial charge on any atom is -0.386 e. The standard InChI is InChI=1S/C14H15F4N3O4S/c1-12(9-5-8(21(22)23)3-4-10(9)15)7-26(24,25)13(2,11(19)20-12)6-14(16,17)18/h3-5H,6-7H2,1-2H3,(H2,19,20)/t12-,13-/m0/s1. The molecule has 1 aliphatic heterocycles. The third-order valence-corrected chi connectivity index (χ3v) is 7.01. The number of hydrogen-bond donors (Lipinski definition) is 1. The lowest BCUT2D eigenvalue weighted by Gasteiger charge is -2.40. The van der Waals surface area contributed by atoms with Gasteiger partial charge in [0, 0.05) is 17.7 Å². The van der Waals surface area contributed by atoms with Gasteiger partial charge in [0.05, 0.1) is 17.1 Å². The highest BCUT2D eigenvalue weighted by Gasteiger charge is 2.56. The molecule has 0 bridgehead atoms. The second-order valence-corrected chi connectivity index (χ2v) is 8.89. The highest BCUT2D eigenvalue weighted by atomic mass is 32.2. The number of hydrogen-bond acceptors (Lipinski definition) is 6. The van der Waals surface area contributed by atoms with Gasteiger partial charge in [-0.05, 0) is 19.9 Å². The first-order chi connectivity index (χ1) is 11.6. The van der Waals surface area contributed by atoms with Crippen LogP contribution in [0.15, 0.2) is 23.2 Å².